The summed E-state index contributed by atoms with van der Waals surface area (Å²) >= 11 is 0. The van der Waals surface area contributed by atoms with E-state index in [4.69, 9.17) is 5.11 Å². The van der Waals surface area contributed by atoms with E-state index in [9.17, 15) is 9.59 Å². The first-order valence-electron chi connectivity index (χ1n) is 2.60. The second kappa shape index (κ2) is 4.71. The number of aliphatic carboxylic acids is 1. The molecular formula is C4H8N2O4. The molecule has 0 aromatic carbocycles. The molecule has 6 heteroatoms. The lowest BCUT2D eigenvalue weighted by Gasteiger charge is -2.00. The first-order chi connectivity index (χ1) is 4.68. The van der Waals surface area contributed by atoms with E-state index in [1.54, 1.807) is 6.92 Å². The summed E-state index contributed by atoms with van der Waals surface area (Å²) < 4.78 is 0. The molecule has 0 rings (SSSR count). The van der Waals surface area contributed by atoms with Gasteiger partial charge in [-0.1, -0.05) is 12.5 Å². The highest BCUT2D eigenvalue weighted by molar-refractivity contribution is 6.28. The number of hydrogen-bond acceptors (Lipinski definition) is 5. The molecule has 0 unspecified atom stereocenters. The van der Waals surface area contributed by atoms with Gasteiger partial charge in [-0.3, -0.25) is 0 Å². The number of carbonyl (C=O) groups is 2. The molecule has 10 heavy (non-hydrogen) atoms. The minimum atomic E-state index is -1.63. The van der Waals surface area contributed by atoms with Crippen molar-refractivity contribution in [2.75, 3.05) is 6.54 Å². The Hall–Kier alpha value is -1.14. The molecule has 0 amide bonds. The topological polar surface area (TPSA) is 87.7 Å². The maximum absolute atomic E-state index is 10.1. The van der Waals surface area contributed by atoms with Crippen molar-refractivity contribution in [2.24, 2.45) is 0 Å². The van der Waals surface area contributed by atoms with Crippen LogP contribution in [0.25, 0.3) is 0 Å². The highest BCUT2D eigenvalue weighted by Crippen LogP contribution is 1.69. The molecule has 0 spiro atoms. The molecule has 0 aliphatic heterocycles. The third kappa shape index (κ3) is 3.81. The Balaban J connectivity index is 3.31. The summed E-state index contributed by atoms with van der Waals surface area (Å²) in [5.41, 5.74) is 4.31. The van der Waals surface area contributed by atoms with Gasteiger partial charge in [0.1, 0.15) is 0 Å². The van der Waals surface area contributed by atoms with Gasteiger partial charge in [0.05, 0.1) is 0 Å². The smallest absolute Gasteiger partial charge is 0.437 e. The van der Waals surface area contributed by atoms with Gasteiger partial charge in [0, 0.05) is 6.54 Å². The van der Waals surface area contributed by atoms with Crippen molar-refractivity contribution < 1.29 is 19.5 Å². The molecule has 0 heterocycles. The Morgan fingerprint density at radius 2 is 2.20 bits per heavy atom. The number of hydrogen-bond donors (Lipinski definition) is 3. The fraction of sp³-hybridized carbons (Fsp3) is 0.500. The summed E-state index contributed by atoms with van der Waals surface area (Å²) in [6.45, 7) is 2.27. The van der Waals surface area contributed by atoms with E-state index >= 15 is 0 Å². The van der Waals surface area contributed by atoms with E-state index in [0.717, 1.165) is 0 Å². The monoisotopic (exact) mass is 148 g/mol. The van der Waals surface area contributed by atoms with Gasteiger partial charge in [-0.15, -0.1) is 0 Å². The predicted octanol–water partition coefficient (Wildman–Crippen LogP) is -1.36. The Morgan fingerprint density at radius 3 is 2.60 bits per heavy atom. The summed E-state index contributed by atoms with van der Waals surface area (Å²) in [6, 6.07) is 0. The zero-order valence-corrected chi connectivity index (χ0v) is 5.38. The summed E-state index contributed by atoms with van der Waals surface area (Å²) in [4.78, 5) is 23.8. The quantitative estimate of drug-likeness (QED) is 0.260. The zero-order chi connectivity index (χ0) is 7.98. The fourth-order valence-electron chi connectivity index (χ4n) is 0.198. The molecule has 6 nitrogen and oxygen atoms in total. The van der Waals surface area contributed by atoms with Crippen molar-refractivity contribution in [3.63, 3.8) is 0 Å². The number of nitrogens with one attached hydrogen (secondary N) is 2. The third-order valence-electron chi connectivity index (χ3n) is 0.567. The van der Waals surface area contributed by atoms with Gasteiger partial charge < -0.3 is 9.94 Å². The molecule has 0 fully saturated rings. The number of carboxylic acids is 1. The van der Waals surface area contributed by atoms with Crippen molar-refractivity contribution >= 4 is 11.9 Å². The molecule has 0 aliphatic rings. The molecule has 3 N–H and O–H groups in total. The Bertz CT molecular complexity index is 135. The number of rotatable bonds is 3. The third-order valence-corrected chi connectivity index (χ3v) is 0.567. The fourth-order valence-corrected chi connectivity index (χ4v) is 0.198. The van der Waals surface area contributed by atoms with E-state index < -0.39 is 11.9 Å². The maximum Gasteiger partial charge on any atom is 0.437 e. The predicted molar refractivity (Wildman–Crippen MR) is 30.5 cm³/mol. The second-order valence-electron chi connectivity index (χ2n) is 1.33. The molecule has 0 bridgehead atoms. The molecule has 0 saturated carbocycles. The van der Waals surface area contributed by atoms with Crippen molar-refractivity contribution in [2.45, 2.75) is 6.92 Å². The lowest BCUT2D eigenvalue weighted by atomic mass is 10.7. The van der Waals surface area contributed by atoms with E-state index in [-0.39, 0.29) is 0 Å². The number of carboxylic acid groups (broad SMARTS) is 1. The standard InChI is InChI=1S/C4H8N2O4/c1-2-5-6-10-4(9)3(7)8/h5-6H,2H2,1H3,(H,7,8). The molecule has 0 saturated heterocycles. The van der Waals surface area contributed by atoms with Crippen LogP contribution in [-0.2, 0) is 14.4 Å². The van der Waals surface area contributed by atoms with Crippen molar-refractivity contribution in [3.05, 3.63) is 0 Å². The van der Waals surface area contributed by atoms with Gasteiger partial charge in [0.25, 0.3) is 0 Å². The molecule has 0 aromatic heterocycles. The molecule has 0 aliphatic carbocycles. The first-order valence-corrected chi connectivity index (χ1v) is 2.60. The highest BCUT2D eigenvalue weighted by atomic mass is 16.7. The maximum atomic E-state index is 10.1. The first kappa shape index (κ1) is 8.86. The van der Waals surface area contributed by atoms with Gasteiger partial charge in [-0.25, -0.2) is 15.0 Å². The van der Waals surface area contributed by atoms with Crippen LogP contribution in [0.5, 0.6) is 0 Å². The molecule has 0 radical (unpaired) electrons. The average molecular weight is 148 g/mol. The van der Waals surface area contributed by atoms with E-state index in [0.29, 0.717) is 6.54 Å². The summed E-state index contributed by atoms with van der Waals surface area (Å²) in [5, 5.41) is 7.94. The Morgan fingerprint density at radius 1 is 1.60 bits per heavy atom. The molecule has 0 atom stereocenters. The number of carbonyl (C=O) groups excluding carboxylic acids is 1. The van der Waals surface area contributed by atoms with Gasteiger partial charge in [0.15, 0.2) is 0 Å². The zero-order valence-electron chi connectivity index (χ0n) is 5.38. The SMILES string of the molecule is CCNNOC(=O)C(=O)O. The summed E-state index contributed by atoms with van der Waals surface area (Å²) in [5.74, 6) is -2.98. The largest absolute Gasteiger partial charge is 0.473 e. The van der Waals surface area contributed by atoms with Gasteiger partial charge in [0.2, 0.25) is 0 Å². The summed E-state index contributed by atoms with van der Waals surface area (Å²) in [6.07, 6.45) is 0. The van der Waals surface area contributed by atoms with E-state index in [1.807, 2.05) is 5.59 Å². The minimum absolute atomic E-state index is 0.521. The van der Waals surface area contributed by atoms with Crippen molar-refractivity contribution in [1.29, 1.82) is 0 Å². The van der Waals surface area contributed by atoms with Crippen LogP contribution in [0, 0.1) is 0 Å². The average Bonchev–Trinajstić information content (AvgIpc) is 1.88. The Kier molecular flexibility index (Phi) is 4.17. The van der Waals surface area contributed by atoms with Crippen LogP contribution in [0.15, 0.2) is 0 Å². The van der Waals surface area contributed by atoms with Gasteiger partial charge in [-0.2, -0.15) is 0 Å². The van der Waals surface area contributed by atoms with Crippen molar-refractivity contribution in [3.8, 4) is 0 Å². The lowest BCUT2D eigenvalue weighted by Crippen LogP contribution is -2.36. The van der Waals surface area contributed by atoms with Crippen LogP contribution in [-0.4, -0.2) is 23.6 Å². The van der Waals surface area contributed by atoms with Crippen LogP contribution in [0.1, 0.15) is 6.92 Å². The Labute approximate surface area is 57.1 Å². The second-order valence-corrected chi connectivity index (χ2v) is 1.33. The van der Waals surface area contributed by atoms with E-state index in [2.05, 4.69) is 10.3 Å². The van der Waals surface area contributed by atoms with Crippen LogP contribution in [0.3, 0.4) is 0 Å². The van der Waals surface area contributed by atoms with Crippen LogP contribution >= 0.6 is 0 Å². The van der Waals surface area contributed by atoms with Crippen LogP contribution in [0.4, 0.5) is 0 Å². The van der Waals surface area contributed by atoms with E-state index in [1.165, 1.54) is 0 Å². The molecule has 58 valence electrons. The van der Waals surface area contributed by atoms with Crippen LogP contribution in [0.2, 0.25) is 0 Å². The summed E-state index contributed by atoms with van der Waals surface area (Å²) in [7, 11) is 0. The lowest BCUT2D eigenvalue weighted by molar-refractivity contribution is -0.170. The van der Waals surface area contributed by atoms with Crippen molar-refractivity contribution in [1.82, 2.24) is 11.0 Å². The highest BCUT2D eigenvalue weighted by Gasteiger charge is 2.11. The minimum Gasteiger partial charge on any atom is -0.473 e. The molecule has 0 aromatic rings. The van der Waals surface area contributed by atoms with Gasteiger partial charge in [-0.05, 0) is 0 Å². The molecular weight excluding hydrogens is 140 g/mol. The normalized spacial score (nSPS) is 8.90. The van der Waals surface area contributed by atoms with Gasteiger partial charge >= 0.3 is 11.9 Å². The number of hydrazine groups is 1. The van der Waals surface area contributed by atoms with Crippen LogP contribution < -0.4 is 11.0 Å².